The van der Waals surface area contributed by atoms with Crippen molar-refractivity contribution < 1.29 is 5.11 Å². The Kier molecular flexibility index (Phi) is 5.07. The van der Waals surface area contributed by atoms with E-state index in [1.54, 1.807) is 6.07 Å². The zero-order chi connectivity index (χ0) is 15.2. The van der Waals surface area contributed by atoms with Crippen LogP contribution in [0.2, 0.25) is 0 Å². The molecular weight excluding hydrogens is 272 g/mol. The largest absolute Gasteiger partial charge is 0.508 e. The first-order valence-corrected chi connectivity index (χ1v) is 8.23. The van der Waals surface area contributed by atoms with Crippen molar-refractivity contribution >= 4 is 0 Å². The van der Waals surface area contributed by atoms with Crippen LogP contribution >= 0.6 is 0 Å². The summed E-state index contributed by atoms with van der Waals surface area (Å²) in [5.74, 6) is 0.361. The summed E-state index contributed by atoms with van der Waals surface area (Å²) in [4.78, 5) is 7.00. The maximum Gasteiger partial charge on any atom is 0.115 e. The molecule has 1 unspecified atom stereocenters. The van der Waals surface area contributed by atoms with Gasteiger partial charge < -0.3 is 5.11 Å². The van der Waals surface area contributed by atoms with Crippen LogP contribution in [0.15, 0.2) is 48.7 Å². The molecule has 1 saturated heterocycles. The number of aromatic nitrogens is 1. The Morgan fingerprint density at radius 1 is 1.14 bits per heavy atom. The van der Waals surface area contributed by atoms with Gasteiger partial charge >= 0.3 is 0 Å². The molecule has 0 aliphatic carbocycles. The van der Waals surface area contributed by atoms with Crippen molar-refractivity contribution in [2.24, 2.45) is 0 Å². The number of aryl methyl sites for hydroxylation is 1. The molecule has 0 bridgehead atoms. The van der Waals surface area contributed by atoms with Gasteiger partial charge in [0, 0.05) is 24.5 Å². The molecule has 0 amide bonds. The predicted octanol–water partition coefficient (Wildman–Crippen LogP) is 3.77. The van der Waals surface area contributed by atoms with E-state index in [9.17, 15) is 5.11 Å². The number of likely N-dealkylation sites (tertiary alicyclic amines) is 1. The van der Waals surface area contributed by atoms with Gasteiger partial charge in [0.2, 0.25) is 0 Å². The number of pyridine rings is 1. The summed E-state index contributed by atoms with van der Waals surface area (Å²) in [5.41, 5.74) is 2.38. The van der Waals surface area contributed by atoms with E-state index >= 15 is 0 Å². The van der Waals surface area contributed by atoms with Gasteiger partial charge in [0.25, 0.3) is 0 Å². The van der Waals surface area contributed by atoms with E-state index < -0.39 is 0 Å². The molecule has 3 rings (SSSR count). The van der Waals surface area contributed by atoms with Gasteiger partial charge in [-0.05, 0) is 62.1 Å². The Hall–Kier alpha value is -1.87. The van der Waals surface area contributed by atoms with E-state index in [0.717, 1.165) is 25.9 Å². The van der Waals surface area contributed by atoms with E-state index in [1.807, 2.05) is 24.4 Å². The van der Waals surface area contributed by atoms with Gasteiger partial charge in [-0.3, -0.25) is 9.88 Å². The average molecular weight is 296 g/mol. The van der Waals surface area contributed by atoms with Gasteiger partial charge in [-0.25, -0.2) is 0 Å². The molecule has 1 aromatic heterocycles. The quantitative estimate of drug-likeness (QED) is 0.912. The van der Waals surface area contributed by atoms with E-state index in [1.165, 1.54) is 30.5 Å². The summed E-state index contributed by atoms with van der Waals surface area (Å²) >= 11 is 0. The van der Waals surface area contributed by atoms with E-state index in [2.05, 4.69) is 28.1 Å². The number of nitrogens with zero attached hydrogens (tertiary/aromatic N) is 2. The molecule has 3 nitrogen and oxygen atoms in total. The van der Waals surface area contributed by atoms with E-state index in [-0.39, 0.29) is 0 Å². The molecule has 1 N–H and O–H groups in total. The highest BCUT2D eigenvalue weighted by Gasteiger charge is 2.22. The first kappa shape index (κ1) is 15.0. The van der Waals surface area contributed by atoms with Gasteiger partial charge in [0.05, 0.1) is 0 Å². The fourth-order valence-electron chi connectivity index (χ4n) is 3.34. The second-order valence-electron chi connectivity index (χ2n) is 6.15. The second kappa shape index (κ2) is 7.41. The minimum Gasteiger partial charge on any atom is -0.508 e. The smallest absolute Gasteiger partial charge is 0.115 e. The van der Waals surface area contributed by atoms with Crippen molar-refractivity contribution in [1.29, 1.82) is 0 Å². The van der Waals surface area contributed by atoms with E-state index in [4.69, 9.17) is 0 Å². The molecular formula is C19H24N2O. The van der Waals surface area contributed by atoms with Crippen LogP contribution in [0.4, 0.5) is 0 Å². The highest BCUT2D eigenvalue weighted by atomic mass is 16.3. The van der Waals surface area contributed by atoms with E-state index in [0.29, 0.717) is 11.8 Å². The van der Waals surface area contributed by atoms with Crippen molar-refractivity contribution in [3.8, 4) is 5.75 Å². The first-order valence-electron chi connectivity index (χ1n) is 8.23. The molecule has 22 heavy (non-hydrogen) atoms. The summed E-state index contributed by atoms with van der Waals surface area (Å²) in [6.45, 7) is 2.09. The average Bonchev–Trinajstić information content (AvgIpc) is 2.55. The molecule has 0 spiro atoms. The second-order valence-corrected chi connectivity index (χ2v) is 6.15. The van der Waals surface area contributed by atoms with Crippen molar-refractivity contribution in [3.05, 3.63) is 59.9 Å². The third-order valence-corrected chi connectivity index (χ3v) is 4.51. The molecule has 3 heteroatoms. The molecule has 2 aromatic rings. The minimum atomic E-state index is 0.361. The SMILES string of the molecule is Oc1cccc(CN2CCCCC2CCc2ccccn2)c1. The highest BCUT2D eigenvalue weighted by molar-refractivity contribution is 5.27. The zero-order valence-corrected chi connectivity index (χ0v) is 13.0. The van der Waals surface area contributed by atoms with Crippen LogP contribution in [0.5, 0.6) is 5.75 Å². The monoisotopic (exact) mass is 296 g/mol. The van der Waals surface area contributed by atoms with Crippen molar-refractivity contribution in [2.45, 2.75) is 44.7 Å². The minimum absolute atomic E-state index is 0.361. The number of aromatic hydroxyl groups is 1. The lowest BCUT2D eigenvalue weighted by atomic mass is 9.96. The topological polar surface area (TPSA) is 36.4 Å². The van der Waals surface area contributed by atoms with Crippen LogP contribution in [-0.4, -0.2) is 27.6 Å². The predicted molar refractivity (Wildman–Crippen MR) is 88.7 cm³/mol. The molecule has 1 aromatic carbocycles. The normalized spacial score (nSPS) is 19.2. The molecule has 1 aliphatic heterocycles. The van der Waals surface area contributed by atoms with Crippen LogP contribution in [-0.2, 0) is 13.0 Å². The molecule has 1 fully saturated rings. The summed E-state index contributed by atoms with van der Waals surface area (Å²) in [6, 6.07) is 14.4. The number of phenolic OH excluding ortho intramolecular Hbond substituents is 1. The zero-order valence-electron chi connectivity index (χ0n) is 13.0. The lowest BCUT2D eigenvalue weighted by Crippen LogP contribution is -2.39. The Morgan fingerprint density at radius 3 is 2.91 bits per heavy atom. The van der Waals surface area contributed by atoms with Gasteiger partial charge in [-0.2, -0.15) is 0 Å². The fraction of sp³-hybridized carbons (Fsp3) is 0.421. The molecule has 116 valence electrons. The van der Waals surface area contributed by atoms with Crippen LogP contribution in [0, 0.1) is 0 Å². The number of rotatable bonds is 5. The van der Waals surface area contributed by atoms with Crippen LogP contribution in [0.1, 0.15) is 36.9 Å². The lowest BCUT2D eigenvalue weighted by Gasteiger charge is -2.36. The summed E-state index contributed by atoms with van der Waals surface area (Å²) in [7, 11) is 0. The fourth-order valence-corrected chi connectivity index (χ4v) is 3.34. The number of hydrogen-bond acceptors (Lipinski definition) is 3. The van der Waals surface area contributed by atoms with Crippen LogP contribution in [0.3, 0.4) is 0 Å². The highest BCUT2D eigenvalue weighted by Crippen LogP contribution is 2.24. The Bertz CT molecular complexity index is 585. The maximum absolute atomic E-state index is 9.63. The maximum atomic E-state index is 9.63. The Balaban J connectivity index is 1.61. The van der Waals surface area contributed by atoms with Crippen molar-refractivity contribution in [2.75, 3.05) is 6.54 Å². The summed E-state index contributed by atoms with van der Waals surface area (Å²) < 4.78 is 0. The third kappa shape index (κ3) is 4.08. The van der Waals surface area contributed by atoms with Gasteiger partial charge in [-0.1, -0.05) is 24.6 Å². The number of benzene rings is 1. The molecule has 0 saturated carbocycles. The number of phenols is 1. The molecule has 2 heterocycles. The van der Waals surface area contributed by atoms with Gasteiger partial charge in [0.1, 0.15) is 5.75 Å². The number of hydrogen-bond donors (Lipinski definition) is 1. The summed E-state index contributed by atoms with van der Waals surface area (Å²) in [6.07, 6.45) is 7.95. The molecule has 1 atom stereocenters. The first-order chi connectivity index (χ1) is 10.8. The Labute approximate surface area is 132 Å². The standard InChI is InChI=1S/C19H24N2O/c22-19-9-5-6-16(14-19)15-21-13-4-2-8-18(21)11-10-17-7-1-3-12-20-17/h1,3,5-7,9,12,14,18,22H,2,4,8,10-11,13,15H2. The van der Waals surface area contributed by atoms with Gasteiger partial charge in [0.15, 0.2) is 0 Å². The summed E-state index contributed by atoms with van der Waals surface area (Å²) in [5, 5.41) is 9.63. The molecule has 1 aliphatic rings. The van der Waals surface area contributed by atoms with Crippen molar-refractivity contribution in [1.82, 2.24) is 9.88 Å². The van der Waals surface area contributed by atoms with Crippen LogP contribution in [0.25, 0.3) is 0 Å². The molecule has 0 radical (unpaired) electrons. The number of piperidine rings is 1. The lowest BCUT2D eigenvalue weighted by molar-refractivity contribution is 0.132. The third-order valence-electron chi connectivity index (χ3n) is 4.51. The van der Waals surface area contributed by atoms with Crippen molar-refractivity contribution in [3.63, 3.8) is 0 Å². The van der Waals surface area contributed by atoms with Gasteiger partial charge in [-0.15, -0.1) is 0 Å². The van der Waals surface area contributed by atoms with Crippen LogP contribution < -0.4 is 0 Å². The Morgan fingerprint density at radius 2 is 2.09 bits per heavy atom.